The fraction of sp³-hybridized carbons (Fsp3) is 0.400. The monoisotopic (exact) mass is 178 g/mol. The summed E-state index contributed by atoms with van der Waals surface area (Å²) < 4.78 is 0. The van der Waals surface area contributed by atoms with E-state index in [1.54, 1.807) is 18.1 Å². The Morgan fingerprint density at radius 2 is 2.60 bits per heavy atom. The standard InChI is InChI=1S/C5H7ClN2OS/c1-8-2-3(4(7)9)10-5(8)6/h2,5H,1H3,(H2,7,9). The summed E-state index contributed by atoms with van der Waals surface area (Å²) >= 11 is 6.99. The van der Waals surface area contributed by atoms with E-state index in [1.807, 2.05) is 0 Å². The first-order chi connectivity index (χ1) is 4.61. The molecule has 0 aromatic rings. The quantitative estimate of drug-likeness (QED) is 0.470. The highest BCUT2D eigenvalue weighted by Gasteiger charge is 2.22. The van der Waals surface area contributed by atoms with Crippen molar-refractivity contribution in [3.8, 4) is 0 Å². The number of carbonyl (C=O) groups is 1. The second-order valence-electron chi connectivity index (χ2n) is 1.93. The number of alkyl halides is 1. The number of primary amides is 1. The smallest absolute Gasteiger partial charge is 0.256 e. The van der Waals surface area contributed by atoms with Gasteiger partial charge < -0.3 is 10.6 Å². The van der Waals surface area contributed by atoms with Gasteiger partial charge in [0.1, 0.15) is 0 Å². The van der Waals surface area contributed by atoms with Gasteiger partial charge in [0, 0.05) is 13.2 Å². The zero-order valence-corrected chi connectivity index (χ0v) is 6.95. The van der Waals surface area contributed by atoms with E-state index in [9.17, 15) is 4.79 Å². The number of nitrogens with two attached hydrogens (primary N) is 1. The largest absolute Gasteiger partial charge is 0.365 e. The first-order valence-corrected chi connectivity index (χ1v) is 3.97. The summed E-state index contributed by atoms with van der Waals surface area (Å²) in [5.41, 5.74) is 5.01. The highest BCUT2D eigenvalue weighted by atomic mass is 35.5. The molecule has 0 spiro atoms. The van der Waals surface area contributed by atoms with Gasteiger partial charge in [-0.15, -0.1) is 0 Å². The molecule has 1 heterocycles. The molecular formula is C5H7ClN2OS. The van der Waals surface area contributed by atoms with E-state index in [2.05, 4.69) is 0 Å². The van der Waals surface area contributed by atoms with E-state index in [-0.39, 0.29) is 4.83 Å². The zero-order valence-electron chi connectivity index (χ0n) is 5.37. The van der Waals surface area contributed by atoms with Gasteiger partial charge in [0.05, 0.1) is 4.91 Å². The van der Waals surface area contributed by atoms with Gasteiger partial charge in [0.15, 0.2) is 4.83 Å². The Morgan fingerprint density at radius 3 is 2.80 bits per heavy atom. The zero-order chi connectivity index (χ0) is 7.72. The summed E-state index contributed by atoms with van der Waals surface area (Å²) in [5.74, 6) is -0.417. The molecule has 10 heavy (non-hydrogen) atoms. The van der Waals surface area contributed by atoms with Crippen LogP contribution in [0.25, 0.3) is 0 Å². The maximum atomic E-state index is 10.5. The van der Waals surface area contributed by atoms with Crippen LogP contribution in [0.1, 0.15) is 0 Å². The average molecular weight is 179 g/mol. The van der Waals surface area contributed by atoms with Gasteiger partial charge in [-0.05, 0) is 0 Å². The van der Waals surface area contributed by atoms with Gasteiger partial charge in [-0.2, -0.15) is 0 Å². The van der Waals surface area contributed by atoms with Crippen molar-refractivity contribution in [3.05, 3.63) is 11.1 Å². The number of hydrogen-bond acceptors (Lipinski definition) is 3. The maximum Gasteiger partial charge on any atom is 0.256 e. The van der Waals surface area contributed by atoms with Crippen molar-refractivity contribution in [1.29, 1.82) is 0 Å². The second kappa shape index (κ2) is 2.72. The lowest BCUT2D eigenvalue weighted by Crippen LogP contribution is -2.12. The van der Waals surface area contributed by atoms with Crippen LogP contribution in [-0.4, -0.2) is 22.7 Å². The topological polar surface area (TPSA) is 46.3 Å². The second-order valence-corrected chi connectivity index (χ2v) is 3.73. The van der Waals surface area contributed by atoms with Crippen molar-refractivity contribution in [2.24, 2.45) is 5.73 Å². The van der Waals surface area contributed by atoms with E-state index in [0.29, 0.717) is 4.91 Å². The number of rotatable bonds is 1. The molecule has 0 aromatic heterocycles. The van der Waals surface area contributed by atoms with Crippen LogP contribution in [0.3, 0.4) is 0 Å². The molecule has 1 aliphatic heterocycles. The van der Waals surface area contributed by atoms with Crippen LogP contribution in [0.15, 0.2) is 11.1 Å². The number of thioether (sulfide) groups is 1. The van der Waals surface area contributed by atoms with Crippen molar-refractivity contribution >= 4 is 29.3 Å². The molecular weight excluding hydrogens is 172 g/mol. The SMILES string of the molecule is CN1C=C(C(N)=O)SC1Cl. The highest BCUT2D eigenvalue weighted by Crippen LogP contribution is 2.33. The lowest BCUT2D eigenvalue weighted by atomic mass is 10.5. The molecule has 3 nitrogen and oxygen atoms in total. The van der Waals surface area contributed by atoms with Crippen molar-refractivity contribution in [2.75, 3.05) is 7.05 Å². The molecule has 1 aliphatic rings. The molecule has 1 atom stereocenters. The van der Waals surface area contributed by atoms with Crippen LogP contribution in [0.5, 0.6) is 0 Å². The normalized spacial score (nSPS) is 24.8. The molecule has 0 radical (unpaired) electrons. The predicted molar refractivity (Wildman–Crippen MR) is 42.3 cm³/mol. The van der Waals surface area contributed by atoms with Crippen LogP contribution in [0.2, 0.25) is 0 Å². The first kappa shape index (κ1) is 7.75. The molecule has 1 unspecified atom stereocenters. The minimum absolute atomic E-state index is 0.192. The summed E-state index contributed by atoms with van der Waals surface area (Å²) in [6.07, 6.45) is 1.64. The Morgan fingerprint density at radius 1 is 2.00 bits per heavy atom. The van der Waals surface area contributed by atoms with Gasteiger partial charge in [-0.3, -0.25) is 4.79 Å². The van der Waals surface area contributed by atoms with Crippen molar-refractivity contribution in [3.63, 3.8) is 0 Å². The van der Waals surface area contributed by atoms with Gasteiger partial charge >= 0.3 is 0 Å². The predicted octanol–water partition coefficient (Wildman–Crippen LogP) is 0.514. The van der Waals surface area contributed by atoms with Gasteiger partial charge in [-0.1, -0.05) is 23.4 Å². The summed E-state index contributed by atoms with van der Waals surface area (Å²) in [5, 5.41) is 0. The van der Waals surface area contributed by atoms with E-state index in [0.717, 1.165) is 0 Å². The maximum absolute atomic E-state index is 10.5. The van der Waals surface area contributed by atoms with Crippen LogP contribution in [0.4, 0.5) is 0 Å². The summed E-state index contributed by atoms with van der Waals surface area (Å²) in [4.78, 5) is 12.6. The number of halogens is 1. The molecule has 0 aliphatic carbocycles. The Labute approximate surface area is 68.2 Å². The average Bonchev–Trinajstić information content (AvgIpc) is 2.13. The minimum Gasteiger partial charge on any atom is -0.365 e. The molecule has 1 rings (SSSR count). The van der Waals surface area contributed by atoms with Crippen LogP contribution < -0.4 is 5.73 Å². The van der Waals surface area contributed by atoms with Crippen LogP contribution in [-0.2, 0) is 4.79 Å². The van der Waals surface area contributed by atoms with Gasteiger partial charge in [-0.25, -0.2) is 0 Å². The number of hydrogen-bond donors (Lipinski definition) is 1. The molecule has 0 aromatic carbocycles. The third-order valence-electron chi connectivity index (χ3n) is 1.11. The Bertz CT molecular complexity index is 194. The Kier molecular flexibility index (Phi) is 2.11. The Hall–Kier alpha value is -0.350. The summed E-state index contributed by atoms with van der Waals surface area (Å²) in [6, 6.07) is 0. The van der Waals surface area contributed by atoms with Crippen molar-refractivity contribution in [1.82, 2.24) is 4.90 Å². The van der Waals surface area contributed by atoms with E-state index in [4.69, 9.17) is 17.3 Å². The third-order valence-corrected chi connectivity index (χ3v) is 2.77. The van der Waals surface area contributed by atoms with Gasteiger partial charge in [0.2, 0.25) is 0 Å². The highest BCUT2D eigenvalue weighted by molar-refractivity contribution is 8.05. The number of carbonyl (C=O) groups excluding carboxylic acids is 1. The molecule has 0 saturated carbocycles. The lowest BCUT2D eigenvalue weighted by molar-refractivity contribution is -0.113. The van der Waals surface area contributed by atoms with Crippen LogP contribution >= 0.6 is 23.4 Å². The summed E-state index contributed by atoms with van der Waals surface area (Å²) in [7, 11) is 1.79. The van der Waals surface area contributed by atoms with E-state index >= 15 is 0 Å². The van der Waals surface area contributed by atoms with E-state index < -0.39 is 5.91 Å². The summed E-state index contributed by atoms with van der Waals surface area (Å²) in [6.45, 7) is 0. The number of nitrogens with zero attached hydrogens (tertiary/aromatic N) is 1. The molecule has 2 N–H and O–H groups in total. The molecule has 0 bridgehead atoms. The molecule has 5 heteroatoms. The molecule has 56 valence electrons. The minimum atomic E-state index is -0.417. The molecule has 0 saturated heterocycles. The molecule has 0 fully saturated rings. The fourth-order valence-electron chi connectivity index (χ4n) is 0.584. The fourth-order valence-corrected chi connectivity index (χ4v) is 1.71. The first-order valence-electron chi connectivity index (χ1n) is 2.65. The third kappa shape index (κ3) is 1.38. The van der Waals surface area contributed by atoms with E-state index in [1.165, 1.54) is 11.8 Å². The van der Waals surface area contributed by atoms with Crippen molar-refractivity contribution in [2.45, 2.75) is 4.83 Å². The Balaban J connectivity index is 2.67. The lowest BCUT2D eigenvalue weighted by Gasteiger charge is -2.10. The molecule has 1 amide bonds. The van der Waals surface area contributed by atoms with Crippen molar-refractivity contribution < 1.29 is 4.79 Å². The van der Waals surface area contributed by atoms with Crippen LogP contribution in [0, 0.1) is 0 Å². The number of amides is 1. The van der Waals surface area contributed by atoms with Gasteiger partial charge in [0.25, 0.3) is 5.91 Å².